The van der Waals surface area contributed by atoms with Crippen molar-refractivity contribution in [2.45, 2.75) is 25.9 Å². The summed E-state index contributed by atoms with van der Waals surface area (Å²) in [5, 5.41) is 1.66. The number of piperazine rings is 1. The van der Waals surface area contributed by atoms with Gasteiger partial charge in [-0.1, -0.05) is 18.2 Å². The van der Waals surface area contributed by atoms with Gasteiger partial charge in [-0.05, 0) is 33.0 Å². The molecule has 0 saturated carbocycles. The van der Waals surface area contributed by atoms with Crippen molar-refractivity contribution in [1.82, 2.24) is 20.1 Å². The maximum atomic E-state index is 13.4. The predicted molar refractivity (Wildman–Crippen MR) is 109 cm³/mol. The lowest BCUT2D eigenvalue weighted by Crippen LogP contribution is -2.60. The lowest BCUT2D eigenvalue weighted by atomic mass is 9.83. The first kappa shape index (κ1) is 19.4. The Bertz CT molecular complexity index is 717. The number of anilines is 1. The number of hydrogen-bond donors (Lipinski definition) is 1. The van der Waals surface area contributed by atoms with E-state index < -0.39 is 0 Å². The summed E-state index contributed by atoms with van der Waals surface area (Å²) in [5.41, 5.74) is 4.23. The third kappa shape index (κ3) is 3.54. The quantitative estimate of drug-likeness (QED) is 0.827. The van der Waals surface area contributed by atoms with Crippen LogP contribution in [0, 0.1) is 11.8 Å². The number of nitrogens with one attached hydrogen (secondary N) is 1. The van der Waals surface area contributed by atoms with Crippen LogP contribution in [0.1, 0.15) is 13.8 Å². The molecule has 0 radical (unpaired) electrons. The summed E-state index contributed by atoms with van der Waals surface area (Å²) < 4.78 is 0. The minimum atomic E-state index is -0.206. The molecule has 4 rings (SSSR count). The Morgan fingerprint density at radius 3 is 2.39 bits per heavy atom. The van der Waals surface area contributed by atoms with E-state index in [0.29, 0.717) is 19.1 Å². The molecule has 3 heterocycles. The summed E-state index contributed by atoms with van der Waals surface area (Å²) in [4.78, 5) is 33.2. The van der Waals surface area contributed by atoms with Crippen molar-refractivity contribution < 1.29 is 9.59 Å². The Morgan fingerprint density at radius 2 is 1.75 bits per heavy atom. The van der Waals surface area contributed by atoms with Gasteiger partial charge in [-0.15, -0.1) is 0 Å². The van der Waals surface area contributed by atoms with E-state index in [0.717, 1.165) is 31.9 Å². The van der Waals surface area contributed by atoms with E-state index >= 15 is 0 Å². The van der Waals surface area contributed by atoms with E-state index in [4.69, 9.17) is 0 Å². The second kappa shape index (κ2) is 7.81. The minimum Gasteiger partial charge on any atom is -0.340 e. The Balaban J connectivity index is 1.58. The molecule has 1 N–H and O–H groups in total. The fourth-order valence-corrected chi connectivity index (χ4v) is 4.57. The van der Waals surface area contributed by atoms with Crippen LogP contribution in [0.3, 0.4) is 0 Å². The highest BCUT2D eigenvalue weighted by Gasteiger charge is 2.51. The molecule has 0 aliphatic carbocycles. The number of para-hydroxylation sites is 1. The van der Waals surface area contributed by atoms with Crippen LogP contribution in [0.4, 0.5) is 5.69 Å². The number of fused-ring (bicyclic) bond motifs is 1. The van der Waals surface area contributed by atoms with Crippen molar-refractivity contribution in [2.75, 3.05) is 51.3 Å². The van der Waals surface area contributed by atoms with E-state index in [9.17, 15) is 9.59 Å². The highest BCUT2D eigenvalue weighted by Crippen LogP contribution is 2.33. The Kier molecular flexibility index (Phi) is 5.40. The number of hydrogen-bond acceptors (Lipinski definition) is 5. The fraction of sp³-hybridized carbons (Fsp3) is 0.619. The predicted octanol–water partition coefficient (Wildman–Crippen LogP) is 0.637. The maximum Gasteiger partial charge on any atom is 0.247 e. The van der Waals surface area contributed by atoms with Gasteiger partial charge in [-0.25, -0.2) is 10.4 Å². The van der Waals surface area contributed by atoms with Crippen LogP contribution < -0.4 is 10.4 Å². The van der Waals surface area contributed by atoms with Crippen molar-refractivity contribution in [3.05, 3.63) is 30.3 Å². The van der Waals surface area contributed by atoms with Crippen LogP contribution in [0.5, 0.6) is 0 Å². The van der Waals surface area contributed by atoms with Crippen molar-refractivity contribution in [3.8, 4) is 0 Å². The topological polar surface area (TPSA) is 59.1 Å². The van der Waals surface area contributed by atoms with Gasteiger partial charge in [0.15, 0.2) is 0 Å². The molecule has 3 unspecified atom stereocenters. The number of hydrazine groups is 1. The van der Waals surface area contributed by atoms with Crippen LogP contribution in [0.25, 0.3) is 0 Å². The average molecular weight is 386 g/mol. The fourth-order valence-electron chi connectivity index (χ4n) is 4.57. The monoisotopic (exact) mass is 385 g/mol. The van der Waals surface area contributed by atoms with Gasteiger partial charge in [0.05, 0.1) is 23.6 Å². The summed E-state index contributed by atoms with van der Waals surface area (Å²) in [5.74, 6) is -0.152. The minimum absolute atomic E-state index is 0.0673. The van der Waals surface area contributed by atoms with Crippen LogP contribution in [-0.2, 0) is 9.59 Å². The molecule has 3 fully saturated rings. The van der Waals surface area contributed by atoms with Gasteiger partial charge in [-0.2, -0.15) is 0 Å². The molecule has 0 bridgehead atoms. The zero-order valence-electron chi connectivity index (χ0n) is 17.0. The van der Waals surface area contributed by atoms with Crippen LogP contribution in [0.2, 0.25) is 0 Å². The zero-order valence-corrected chi connectivity index (χ0v) is 17.0. The van der Waals surface area contributed by atoms with Gasteiger partial charge in [0.1, 0.15) is 0 Å². The second-order valence-corrected chi connectivity index (χ2v) is 8.55. The number of carbonyl (C=O) groups excluding carboxylic acids is 2. The average Bonchev–Trinajstić information content (AvgIpc) is 3.04. The molecule has 1 aromatic rings. The first-order chi connectivity index (χ1) is 13.5. The molecule has 7 heteroatoms. The number of piperidine rings is 1. The molecule has 0 spiro atoms. The van der Waals surface area contributed by atoms with Crippen molar-refractivity contribution in [2.24, 2.45) is 11.8 Å². The van der Waals surface area contributed by atoms with Gasteiger partial charge in [0.25, 0.3) is 0 Å². The van der Waals surface area contributed by atoms with Crippen LogP contribution in [-0.4, -0.2) is 84.9 Å². The second-order valence-electron chi connectivity index (χ2n) is 8.55. The molecule has 0 aromatic heterocycles. The third-order valence-electron chi connectivity index (χ3n) is 6.42. The maximum absolute atomic E-state index is 13.4. The molecule has 28 heavy (non-hydrogen) atoms. The number of nitrogens with zero attached hydrogens (tertiary/aromatic N) is 4. The molecule has 1 aromatic carbocycles. The van der Waals surface area contributed by atoms with Gasteiger partial charge < -0.3 is 9.80 Å². The number of carbonyl (C=O) groups is 2. The summed E-state index contributed by atoms with van der Waals surface area (Å²) >= 11 is 0. The lowest BCUT2D eigenvalue weighted by Gasteiger charge is -2.43. The van der Waals surface area contributed by atoms with Gasteiger partial charge >= 0.3 is 0 Å². The summed E-state index contributed by atoms with van der Waals surface area (Å²) in [6, 6.07) is 9.83. The number of rotatable bonds is 3. The van der Waals surface area contributed by atoms with Crippen molar-refractivity contribution in [1.29, 1.82) is 0 Å². The van der Waals surface area contributed by atoms with E-state index in [2.05, 4.69) is 36.1 Å². The number of likely N-dealkylation sites (N-methyl/N-ethyl adjacent to an activating group) is 1. The molecular formula is C21H31N5O2. The molecule has 2 amide bonds. The largest absolute Gasteiger partial charge is 0.340 e. The Morgan fingerprint density at radius 1 is 1.07 bits per heavy atom. The Labute approximate surface area is 167 Å². The highest BCUT2D eigenvalue weighted by atomic mass is 16.2. The van der Waals surface area contributed by atoms with Crippen molar-refractivity contribution in [3.63, 3.8) is 0 Å². The van der Waals surface area contributed by atoms with E-state index in [1.807, 2.05) is 35.2 Å². The summed E-state index contributed by atoms with van der Waals surface area (Å²) in [6.07, 6.45) is 0. The first-order valence-electron chi connectivity index (χ1n) is 10.3. The molecule has 152 valence electrons. The standard InChI is InChI=1S/C21H31N5O2/c1-15(2)25-13-17(20(27)24-11-9-23(3)10-12-24)19-18(14-25)21(28)26(22-19)16-7-5-4-6-8-16/h4-8,15,17-19,22H,9-14H2,1-3H3. The SMILES string of the molecule is CC(C)N1CC(C(=O)N2CCN(C)CC2)C2NN(c3ccccc3)C(=O)C2C1. The number of benzene rings is 1. The zero-order chi connectivity index (χ0) is 19.8. The first-order valence-corrected chi connectivity index (χ1v) is 10.3. The van der Waals surface area contributed by atoms with Crippen LogP contribution in [0.15, 0.2) is 30.3 Å². The molecule has 7 nitrogen and oxygen atoms in total. The molecule has 3 saturated heterocycles. The van der Waals surface area contributed by atoms with E-state index in [1.54, 1.807) is 5.01 Å². The molecule has 3 aliphatic rings. The lowest BCUT2D eigenvalue weighted by molar-refractivity contribution is -0.141. The normalized spacial score (nSPS) is 29.4. The molecule has 3 atom stereocenters. The van der Waals surface area contributed by atoms with E-state index in [-0.39, 0.29) is 29.7 Å². The van der Waals surface area contributed by atoms with Crippen molar-refractivity contribution >= 4 is 17.5 Å². The Hall–Kier alpha value is -1.96. The van der Waals surface area contributed by atoms with Gasteiger partial charge in [0.2, 0.25) is 11.8 Å². The van der Waals surface area contributed by atoms with Gasteiger partial charge in [-0.3, -0.25) is 14.5 Å². The number of amides is 2. The third-order valence-corrected chi connectivity index (χ3v) is 6.42. The number of likely N-dealkylation sites (tertiary alicyclic amines) is 1. The van der Waals surface area contributed by atoms with Crippen LogP contribution >= 0.6 is 0 Å². The van der Waals surface area contributed by atoms with E-state index in [1.165, 1.54) is 0 Å². The highest BCUT2D eigenvalue weighted by molar-refractivity contribution is 5.98. The summed E-state index contributed by atoms with van der Waals surface area (Å²) in [6.45, 7) is 9.02. The van der Waals surface area contributed by atoms with Gasteiger partial charge in [0, 0.05) is 45.3 Å². The molecular weight excluding hydrogens is 354 g/mol. The smallest absolute Gasteiger partial charge is 0.247 e. The summed E-state index contributed by atoms with van der Waals surface area (Å²) in [7, 11) is 2.09. The molecule has 3 aliphatic heterocycles.